The first-order valence-corrected chi connectivity index (χ1v) is 3.64. The number of nitrogens with zero attached hydrogens (tertiary/aromatic N) is 1. The van der Waals surface area contributed by atoms with E-state index in [0.717, 1.165) is 0 Å². The Hall–Kier alpha value is -1.36. The second-order valence-corrected chi connectivity index (χ2v) is 2.29. The molecule has 1 heterocycles. The Bertz CT molecular complexity index is 269. The van der Waals surface area contributed by atoms with Gasteiger partial charge in [0.2, 0.25) is 5.76 Å². The molecule has 0 aliphatic carbocycles. The van der Waals surface area contributed by atoms with E-state index in [1.165, 1.54) is 6.20 Å². The highest BCUT2D eigenvalue weighted by molar-refractivity contribution is 5.91. The van der Waals surface area contributed by atoms with Crippen LogP contribution in [0.25, 0.3) is 0 Å². The molecule has 0 spiro atoms. The number of carbonyl (C=O) groups is 1. The number of aromatic nitrogens is 1. The normalized spacial score (nSPS) is 9.83. The zero-order valence-corrected chi connectivity index (χ0v) is 6.83. The van der Waals surface area contributed by atoms with Crippen LogP contribution in [0.2, 0.25) is 0 Å². The number of oxazole rings is 1. The third-order valence-electron chi connectivity index (χ3n) is 1.27. The average Bonchev–Trinajstić information content (AvgIpc) is 2.47. The third kappa shape index (κ3) is 2.06. The molecule has 0 radical (unpaired) electrons. The van der Waals surface area contributed by atoms with Gasteiger partial charge in [0.05, 0.1) is 6.20 Å². The summed E-state index contributed by atoms with van der Waals surface area (Å²) in [5.74, 6) is 0.426. The van der Waals surface area contributed by atoms with Crippen LogP contribution in [0.15, 0.2) is 10.6 Å². The number of amides is 1. The van der Waals surface area contributed by atoms with Crippen LogP contribution in [0.4, 0.5) is 0 Å². The van der Waals surface area contributed by atoms with Gasteiger partial charge in [-0.15, -0.1) is 0 Å². The number of hydrogen-bond acceptors (Lipinski definition) is 4. The molecule has 1 aromatic rings. The first-order chi connectivity index (χ1) is 5.74. The molecule has 0 aliphatic rings. The number of nitrogens with two attached hydrogens (primary N) is 1. The first kappa shape index (κ1) is 8.73. The largest absolute Gasteiger partial charge is 0.436 e. The van der Waals surface area contributed by atoms with E-state index in [2.05, 4.69) is 10.3 Å². The Morgan fingerprint density at radius 3 is 3.08 bits per heavy atom. The van der Waals surface area contributed by atoms with Gasteiger partial charge in [0.15, 0.2) is 5.89 Å². The number of carbonyl (C=O) groups excluding carboxylic acids is 1. The van der Waals surface area contributed by atoms with Crippen LogP contribution < -0.4 is 11.1 Å². The van der Waals surface area contributed by atoms with Crippen molar-refractivity contribution in [1.29, 1.82) is 0 Å². The Balaban J connectivity index is 2.53. The molecule has 3 N–H and O–H groups in total. The van der Waals surface area contributed by atoms with Crippen LogP contribution in [0, 0.1) is 6.92 Å². The lowest BCUT2D eigenvalue weighted by Crippen LogP contribution is -2.28. The summed E-state index contributed by atoms with van der Waals surface area (Å²) in [5, 5.41) is 2.56. The van der Waals surface area contributed by atoms with Gasteiger partial charge in [-0.1, -0.05) is 0 Å². The molecule has 0 bridgehead atoms. The third-order valence-corrected chi connectivity index (χ3v) is 1.27. The van der Waals surface area contributed by atoms with E-state index in [9.17, 15) is 4.79 Å². The molecule has 1 aromatic heterocycles. The maximum atomic E-state index is 11.1. The van der Waals surface area contributed by atoms with Crippen LogP contribution in [0.5, 0.6) is 0 Å². The molecule has 0 unspecified atom stereocenters. The minimum absolute atomic E-state index is 0.223. The highest BCUT2D eigenvalue weighted by Gasteiger charge is 2.08. The fraction of sp³-hybridized carbons (Fsp3) is 0.429. The molecule has 5 nitrogen and oxygen atoms in total. The minimum Gasteiger partial charge on any atom is -0.436 e. The van der Waals surface area contributed by atoms with Crippen molar-refractivity contribution in [3.05, 3.63) is 17.8 Å². The van der Waals surface area contributed by atoms with E-state index in [1.54, 1.807) is 6.92 Å². The second-order valence-electron chi connectivity index (χ2n) is 2.29. The molecular weight excluding hydrogens is 158 g/mol. The SMILES string of the molecule is Cc1ncc(C(=O)NCCN)o1. The maximum absolute atomic E-state index is 11.1. The van der Waals surface area contributed by atoms with Gasteiger partial charge < -0.3 is 15.5 Å². The van der Waals surface area contributed by atoms with Crippen LogP contribution in [0.3, 0.4) is 0 Å². The van der Waals surface area contributed by atoms with Crippen molar-refractivity contribution in [3.63, 3.8) is 0 Å². The standard InChI is InChI=1S/C7H11N3O2/c1-5-10-4-6(12-5)7(11)9-3-2-8/h4H,2-3,8H2,1H3,(H,9,11). The molecule has 66 valence electrons. The van der Waals surface area contributed by atoms with E-state index in [4.69, 9.17) is 10.2 Å². The molecule has 0 aromatic carbocycles. The molecule has 5 heteroatoms. The molecule has 1 amide bonds. The van der Waals surface area contributed by atoms with Gasteiger partial charge in [0, 0.05) is 20.0 Å². The molecule has 12 heavy (non-hydrogen) atoms. The molecule has 0 aliphatic heterocycles. The molecule has 0 saturated heterocycles. The smallest absolute Gasteiger partial charge is 0.288 e. The summed E-state index contributed by atoms with van der Waals surface area (Å²) in [6, 6.07) is 0. The van der Waals surface area contributed by atoms with Crippen LogP contribution in [-0.2, 0) is 0 Å². The Morgan fingerprint density at radius 2 is 2.58 bits per heavy atom. The lowest BCUT2D eigenvalue weighted by molar-refractivity contribution is 0.0926. The zero-order valence-electron chi connectivity index (χ0n) is 6.83. The Kier molecular flexibility index (Phi) is 2.82. The predicted molar refractivity (Wildman–Crippen MR) is 42.6 cm³/mol. The topological polar surface area (TPSA) is 81.2 Å². The van der Waals surface area contributed by atoms with Crippen LogP contribution >= 0.6 is 0 Å². The number of hydrogen-bond donors (Lipinski definition) is 2. The summed E-state index contributed by atoms with van der Waals surface area (Å²) in [6.07, 6.45) is 1.39. The van der Waals surface area contributed by atoms with E-state index in [0.29, 0.717) is 19.0 Å². The maximum Gasteiger partial charge on any atom is 0.288 e. The van der Waals surface area contributed by atoms with E-state index < -0.39 is 0 Å². The van der Waals surface area contributed by atoms with Crippen molar-refractivity contribution in [2.24, 2.45) is 5.73 Å². The monoisotopic (exact) mass is 169 g/mol. The van der Waals surface area contributed by atoms with Crippen molar-refractivity contribution >= 4 is 5.91 Å². The van der Waals surface area contributed by atoms with Crippen LogP contribution in [-0.4, -0.2) is 24.0 Å². The lowest BCUT2D eigenvalue weighted by Gasteiger charge is -1.97. The van der Waals surface area contributed by atoms with Crippen molar-refractivity contribution in [3.8, 4) is 0 Å². The summed E-state index contributed by atoms with van der Waals surface area (Å²) >= 11 is 0. The lowest BCUT2D eigenvalue weighted by atomic mass is 10.4. The minimum atomic E-state index is -0.277. The Labute approximate surface area is 70.0 Å². The van der Waals surface area contributed by atoms with Gasteiger partial charge in [-0.25, -0.2) is 4.98 Å². The van der Waals surface area contributed by atoms with Gasteiger partial charge in [-0.3, -0.25) is 4.79 Å². The van der Waals surface area contributed by atoms with Gasteiger partial charge in [-0.05, 0) is 0 Å². The summed E-state index contributed by atoms with van der Waals surface area (Å²) < 4.78 is 4.98. The van der Waals surface area contributed by atoms with E-state index in [-0.39, 0.29) is 11.7 Å². The second kappa shape index (κ2) is 3.87. The van der Waals surface area contributed by atoms with Gasteiger partial charge in [0.1, 0.15) is 0 Å². The van der Waals surface area contributed by atoms with Crippen molar-refractivity contribution in [2.75, 3.05) is 13.1 Å². The van der Waals surface area contributed by atoms with Crippen LogP contribution in [0.1, 0.15) is 16.4 Å². The average molecular weight is 169 g/mol. The molecule has 1 rings (SSSR count). The van der Waals surface area contributed by atoms with Gasteiger partial charge in [-0.2, -0.15) is 0 Å². The molecular formula is C7H11N3O2. The molecule has 0 fully saturated rings. The fourth-order valence-electron chi connectivity index (χ4n) is 0.739. The van der Waals surface area contributed by atoms with Gasteiger partial charge >= 0.3 is 0 Å². The first-order valence-electron chi connectivity index (χ1n) is 3.64. The number of rotatable bonds is 3. The highest BCUT2D eigenvalue weighted by Crippen LogP contribution is 2.00. The quantitative estimate of drug-likeness (QED) is 0.649. The summed E-state index contributed by atoms with van der Waals surface area (Å²) in [6.45, 7) is 2.54. The predicted octanol–water partition coefficient (Wildman–Crippen LogP) is -0.328. The van der Waals surface area contributed by atoms with E-state index >= 15 is 0 Å². The summed E-state index contributed by atoms with van der Waals surface area (Å²) in [4.78, 5) is 14.9. The van der Waals surface area contributed by atoms with Crippen molar-refractivity contribution < 1.29 is 9.21 Å². The van der Waals surface area contributed by atoms with Crippen molar-refractivity contribution in [2.45, 2.75) is 6.92 Å². The van der Waals surface area contributed by atoms with Crippen molar-refractivity contribution in [1.82, 2.24) is 10.3 Å². The fourth-order valence-corrected chi connectivity index (χ4v) is 0.739. The van der Waals surface area contributed by atoms with E-state index in [1.807, 2.05) is 0 Å². The Morgan fingerprint density at radius 1 is 1.83 bits per heavy atom. The molecule has 0 atom stereocenters. The summed E-state index contributed by atoms with van der Waals surface area (Å²) in [5.41, 5.74) is 5.20. The van der Waals surface area contributed by atoms with Gasteiger partial charge in [0.25, 0.3) is 5.91 Å². The summed E-state index contributed by atoms with van der Waals surface area (Å²) in [7, 11) is 0. The zero-order chi connectivity index (χ0) is 8.97. The molecule has 0 saturated carbocycles. The number of nitrogens with one attached hydrogen (secondary N) is 1. The highest BCUT2D eigenvalue weighted by atomic mass is 16.4. The number of aryl methyl sites for hydroxylation is 1.